The van der Waals surface area contributed by atoms with Gasteiger partial charge >= 0.3 is 0 Å². The molecule has 2 nitrogen and oxygen atoms in total. The van der Waals surface area contributed by atoms with Crippen molar-refractivity contribution in [1.29, 1.82) is 5.26 Å². The van der Waals surface area contributed by atoms with Crippen LogP contribution in [0.15, 0.2) is 18.2 Å². The van der Waals surface area contributed by atoms with Crippen LogP contribution in [-0.4, -0.2) is 5.11 Å². The molecule has 0 amide bonds. The van der Waals surface area contributed by atoms with E-state index in [0.29, 0.717) is 0 Å². The summed E-state index contributed by atoms with van der Waals surface area (Å²) in [6.07, 6.45) is -1.72. The van der Waals surface area contributed by atoms with Crippen molar-refractivity contribution in [1.82, 2.24) is 0 Å². The molecular formula is C9H7F2NO. The quantitative estimate of drug-likeness (QED) is 0.761. The van der Waals surface area contributed by atoms with Gasteiger partial charge in [0.25, 0.3) is 0 Å². The molecule has 4 heteroatoms. The number of benzene rings is 1. The minimum atomic E-state index is -1.40. The van der Waals surface area contributed by atoms with Crippen molar-refractivity contribution in [3.63, 3.8) is 0 Å². The van der Waals surface area contributed by atoms with Crippen LogP contribution in [-0.2, 0) is 0 Å². The van der Waals surface area contributed by atoms with E-state index in [-0.39, 0.29) is 6.42 Å². The van der Waals surface area contributed by atoms with Crippen molar-refractivity contribution in [2.45, 2.75) is 12.5 Å². The molecule has 0 aliphatic heterocycles. The summed E-state index contributed by atoms with van der Waals surface area (Å²) in [4.78, 5) is 0. The molecule has 0 bridgehead atoms. The molecule has 0 heterocycles. The van der Waals surface area contributed by atoms with E-state index in [0.717, 1.165) is 12.1 Å². The van der Waals surface area contributed by atoms with Crippen LogP contribution in [0.25, 0.3) is 0 Å². The highest BCUT2D eigenvalue weighted by Gasteiger charge is 2.16. The number of halogens is 2. The maximum Gasteiger partial charge on any atom is 0.131 e. The Hall–Kier alpha value is -1.47. The Balaban J connectivity index is 3.06. The minimum Gasteiger partial charge on any atom is -0.387 e. The van der Waals surface area contributed by atoms with Crippen LogP contribution in [0.5, 0.6) is 0 Å². The van der Waals surface area contributed by atoms with Crippen molar-refractivity contribution >= 4 is 0 Å². The van der Waals surface area contributed by atoms with Crippen molar-refractivity contribution in [3.05, 3.63) is 35.4 Å². The highest BCUT2D eigenvalue weighted by molar-refractivity contribution is 5.22. The van der Waals surface area contributed by atoms with Gasteiger partial charge in [0.05, 0.1) is 24.2 Å². The fraction of sp³-hybridized carbons (Fsp3) is 0.222. The molecule has 68 valence electrons. The van der Waals surface area contributed by atoms with E-state index in [9.17, 15) is 13.9 Å². The monoisotopic (exact) mass is 183 g/mol. The molecule has 13 heavy (non-hydrogen) atoms. The Kier molecular flexibility index (Phi) is 2.93. The molecule has 0 radical (unpaired) electrons. The molecule has 1 atom stereocenters. The molecule has 0 saturated heterocycles. The van der Waals surface area contributed by atoms with Gasteiger partial charge in [-0.3, -0.25) is 0 Å². The lowest BCUT2D eigenvalue weighted by molar-refractivity contribution is 0.173. The third-order valence-electron chi connectivity index (χ3n) is 1.62. The molecule has 1 N–H and O–H groups in total. The second-order valence-corrected chi connectivity index (χ2v) is 2.51. The molecule has 1 unspecified atom stereocenters. The predicted octanol–water partition coefficient (Wildman–Crippen LogP) is 1.91. The number of nitrogens with zero attached hydrogens (tertiary/aromatic N) is 1. The van der Waals surface area contributed by atoms with E-state index in [1.54, 1.807) is 6.07 Å². The number of nitriles is 1. The second-order valence-electron chi connectivity index (χ2n) is 2.51. The molecule has 0 aromatic heterocycles. The maximum absolute atomic E-state index is 12.9. The smallest absolute Gasteiger partial charge is 0.131 e. The van der Waals surface area contributed by atoms with Crippen LogP contribution < -0.4 is 0 Å². The normalized spacial score (nSPS) is 12.2. The maximum atomic E-state index is 12.9. The van der Waals surface area contributed by atoms with Crippen LogP contribution in [0.3, 0.4) is 0 Å². The molecule has 0 spiro atoms. The third kappa shape index (κ3) is 2.01. The number of hydrogen-bond acceptors (Lipinski definition) is 2. The van der Waals surface area contributed by atoms with Gasteiger partial charge in [-0.15, -0.1) is 0 Å². The van der Waals surface area contributed by atoms with Gasteiger partial charge in [0.2, 0.25) is 0 Å². The van der Waals surface area contributed by atoms with Crippen molar-refractivity contribution in [2.24, 2.45) is 0 Å². The zero-order valence-electron chi connectivity index (χ0n) is 6.67. The lowest BCUT2D eigenvalue weighted by atomic mass is 10.1. The fourth-order valence-corrected chi connectivity index (χ4v) is 1.02. The molecule has 0 saturated carbocycles. The number of aliphatic hydroxyl groups excluding tert-OH is 1. The highest BCUT2D eigenvalue weighted by Crippen LogP contribution is 2.22. The molecule has 1 rings (SSSR count). The van der Waals surface area contributed by atoms with Gasteiger partial charge in [0.1, 0.15) is 11.6 Å². The zero-order valence-corrected chi connectivity index (χ0v) is 6.67. The summed E-state index contributed by atoms with van der Waals surface area (Å²) < 4.78 is 25.8. The molecular weight excluding hydrogens is 176 g/mol. The fourth-order valence-electron chi connectivity index (χ4n) is 1.02. The number of aliphatic hydroxyl groups is 1. The van der Waals surface area contributed by atoms with E-state index >= 15 is 0 Å². The van der Waals surface area contributed by atoms with E-state index in [2.05, 4.69) is 0 Å². The molecule has 0 aliphatic rings. The third-order valence-corrected chi connectivity index (χ3v) is 1.62. The SMILES string of the molecule is N#CCC(O)c1c(F)cccc1F. The highest BCUT2D eigenvalue weighted by atomic mass is 19.1. The van der Waals surface area contributed by atoms with Gasteiger partial charge in [-0.1, -0.05) is 6.07 Å². The second kappa shape index (κ2) is 3.97. The van der Waals surface area contributed by atoms with Gasteiger partial charge in [0.15, 0.2) is 0 Å². The summed E-state index contributed by atoms with van der Waals surface area (Å²) in [7, 11) is 0. The molecule has 1 aromatic rings. The van der Waals surface area contributed by atoms with Gasteiger partial charge in [-0.25, -0.2) is 8.78 Å². The molecule has 0 fully saturated rings. The van der Waals surface area contributed by atoms with Crippen LogP contribution in [0, 0.1) is 23.0 Å². The topological polar surface area (TPSA) is 44.0 Å². The average Bonchev–Trinajstić information content (AvgIpc) is 2.04. The Morgan fingerprint density at radius 3 is 2.38 bits per heavy atom. The Labute approximate surface area is 74.0 Å². The van der Waals surface area contributed by atoms with Gasteiger partial charge in [-0.05, 0) is 12.1 Å². The van der Waals surface area contributed by atoms with Gasteiger partial charge in [-0.2, -0.15) is 5.26 Å². The first-order valence-electron chi connectivity index (χ1n) is 3.65. The predicted molar refractivity (Wildman–Crippen MR) is 41.5 cm³/mol. The molecule has 0 aliphatic carbocycles. The first-order valence-corrected chi connectivity index (χ1v) is 3.65. The Morgan fingerprint density at radius 1 is 1.38 bits per heavy atom. The van der Waals surface area contributed by atoms with E-state index in [1.807, 2.05) is 0 Å². The summed E-state index contributed by atoms with van der Waals surface area (Å²) >= 11 is 0. The van der Waals surface area contributed by atoms with Crippen LogP contribution in [0.4, 0.5) is 8.78 Å². The standard InChI is InChI=1S/C9H7F2NO/c10-6-2-1-3-7(11)9(6)8(13)4-5-12/h1-3,8,13H,4H2. The largest absolute Gasteiger partial charge is 0.387 e. The summed E-state index contributed by atoms with van der Waals surface area (Å²) in [5, 5.41) is 17.4. The van der Waals surface area contributed by atoms with E-state index in [4.69, 9.17) is 5.26 Å². The summed E-state index contributed by atoms with van der Waals surface area (Å²) in [6, 6.07) is 4.92. The van der Waals surface area contributed by atoms with Crippen molar-refractivity contribution in [2.75, 3.05) is 0 Å². The van der Waals surface area contributed by atoms with Crippen LogP contribution in [0.1, 0.15) is 18.1 Å². The number of hydrogen-bond donors (Lipinski definition) is 1. The lowest BCUT2D eigenvalue weighted by Crippen LogP contribution is -2.02. The lowest BCUT2D eigenvalue weighted by Gasteiger charge is -2.08. The van der Waals surface area contributed by atoms with E-state index < -0.39 is 23.3 Å². The first kappa shape index (κ1) is 9.62. The Bertz CT molecular complexity index is 326. The zero-order chi connectivity index (χ0) is 9.84. The van der Waals surface area contributed by atoms with E-state index in [1.165, 1.54) is 6.07 Å². The summed E-state index contributed by atoms with van der Waals surface area (Å²) in [6.45, 7) is 0. The summed E-state index contributed by atoms with van der Waals surface area (Å²) in [5.41, 5.74) is -0.441. The van der Waals surface area contributed by atoms with Crippen LogP contribution >= 0.6 is 0 Å². The molecule has 1 aromatic carbocycles. The minimum absolute atomic E-state index is 0.322. The van der Waals surface area contributed by atoms with Crippen molar-refractivity contribution < 1.29 is 13.9 Å². The number of rotatable bonds is 2. The Morgan fingerprint density at radius 2 is 1.92 bits per heavy atom. The van der Waals surface area contributed by atoms with Gasteiger partial charge < -0.3 is 5.11 Å². The van der Waals surface area contributed by atoms with Crippen LogP contribution in [0.2, 0.25) is 0 Å². The first-order chi connectivity index (χ1) is 6.16. The van der Waals surface area contributed by atoms with Gasteiger partial charge in [0, 0.05) is 0 Å². The van der Waals surface area contributed by atoms with Crippen molar-refractivity contribution in [3.8, 4) is 6.07 Å². The summed E-state index contributed by atoms with van der Waals surface area (Å²) in [5.74, 6) is -1.66. The average molecular weight is 183 g/mol.